The zero-order valence-electron chi connectivity index (χ0n) is 12.6. The van der Waals surface area contributed by atoms with Gasteiger partial charge in [-0.3, -0.25) is 0 Å². The van der Waals surface area contributed by atoms with Crippen LogP contribution >= 0.6 is 0 Å². The number of hydrogen-bond donors (Lipinski definition) is 1. The first kappa shape index (κ1) is 14.3. The normalized spacial score (nSPS) is 30.7. The molecule has 2 fully saturated rings. The molecule has 0 atom stereocenters. The molecular formula is C16H32N2. The van der Waals surface area contributed by atoms with Crippen molar-refractivity contribution < 1.29 is 0 Å². The summed E-state index contributed by atoms with van der Waals surface area (Å²) in [4.78, 5) is 2.65. The lowest BCUT2D eigenvalue weighted by Gasteiger charge is -2.39. The Labute approximate surface area is 114 Å². The predicted octanol–water partition coefficient (Wildman–Crippen LogP) is 3.13. The minimum Gasteiger partial charge on any atom is -0.314 e. The van der Waals surface area contributed by atoms with E-state index in [2.05, 4.69) is 31.0 Å². The average Bonchev–Trinajstić information content (AvgIpc) is 2.28. The third-order valence-corrected chi connectivity index (χ3v) is 5.08. The van der Waals surface area contributed by atoms with Crippen LogP contribution in [0.1, 0.15) is 52.9 Å². The second-order valence-corrected chi connectivity index (χ2v) is 7.00. The monoisotopic (exact) mass is 252 g/mol. The average molecular weight is 252 g/mol. The number of piperidine rings is 1. The van der Waals surface area contributed by atoms with E-state index in [1.165, 1.54) is 58.3 Å². The molecule has 1 saturated heterocycles. The Morgan fingerprint density at radius 1 is 1.17 bits per heavy atom. The maximum Gasteiger partial charge on any atom is 0.00725 e. The van der Waals surface area contributed by atoms with Gasteiger partial charge in [0.15, 0.2) is 0 Å². The van der Waals surface area contributed by atoms with Gasteiger partial charge in [0.25, 0.3) is 0 Å². The summed E-state index contributed by atoms with van der Waals surface area (Å²) >= 11 is 0. The van der Waals surface area contributed by atoms with Gasteiger partial charge in [0.1, 0.15) is 0 Å². The van der Waals surface area contributed by atoms with Crippen LogP contribution in [0.4, 0.5) is 0 Å². The highest BCUT2D eigenvalue weighted by Crippen LogP contribution is 2.33. The van der Waals surface area contributed by atoms with Crippen LogP contribution < -0.4 is 5.32 Å². The van der Waals surface area contributed by atoms with Crippen molar-refractivity contribution in [3.63, 3.8) is 0 Å². The number of nitrogens with one attached hydrogen (secondary N) is 1. The minimum atomic E-state index is 0.832. The molecule has 0 unspecified atom stereocenters. The van der Waals surface area contributed by atoms with Crippen molar-refractivity contribution in [2.45, 2.75) is 58.9 Å². The molecule has 0 aromatic rings. The van der Waals surface area contributed by atoms with Gasteiger partial charge in [-0.25, -0.2) is 0 Å². The van der Waals surface area contributed by atoms with E-state index in [-0.39, 0.29) is 0 Å². The van der Waals surface area contributed by atoms with Crippen molar-refractivity contribution in [2.24, 2.45) is 17.8 Å². The third kappa shape index (κ3) is 4.24. The van der Waals surface area contributed by atoms with Crippen LogP contribution in [0.2, 0.25) is 0 Å². The van der Waals surface area contributed by atoms with Crippen LogP contribution in [0, 0.1) is 17.8 Å². The minimum absolute atomic E-state index is 0.832. The first-order chi connectivity index (χ1) is 8.65. The largest absolute Gasteiger partial charge is 0.314 e. The van der Waals surface area contributed by atoms with E-state index in [0.29, 0.717) is 0 Å². The van der Waals surface area contributed by atoms with Crippen LogP contribution in [0.5, 0.6) is 0 Å². The van der Waals surface area contributed by atoms with E-state index in [1.54, 1.807) is 0 Å². The number of rotatable bonds is 6. The predicted molar refractivity (Wildman–Crippen MR) is 78.8 cm³/mol. The summed E-state index contributed by atoms with van der Waals surface area (Å²) in [6.45, 7) is 12.3. The lowest BCUT2D eigenvalue weighted by atomic mass is 9.74. The molecule has 1 aliphatic carbocycles. The van der Waals surface area contributed by atoms with Crippen LogP contribution in [0.25, 0.3) is 0 Å². The van der Waals surface area contributed by atoms with Crippen LogP contribution in [0.3, 0.4) is 0 Å². The standard InChI is InChI=1S/C16H32N2/c1-13(2)15-11-16(12-15)17-7-4-8-18-9-5-14(3)6-10-18/h13-17H,4-12H2,1-3H3. The SMILES string of the molecule is CC1CCN(CCCNC2CC(C(C)C)C2)CC1. The molecule has 1 heterocycles. The highest BCUT2D eigenvalue weighted by Gasteiger charge is 2.30. The van der Waals surface area contributed by atoms with Crippen molar-refractivity contribution in [2.75, 3.05) is 26.2 Å². The van der Waals surface area contributed by atoms with Gasteiger partial charge < -0.3 is 10.2 Å². The third-order valence-electron chi connectivity index (χ3n) is 5.08. The first-order valence-corrected chi connectivity index (χ1v) is 8.11. The van der Waals surface area contributed by atoms with Crippen molar-refractivity contribution in [1.82, 2.24) is 10.2 Å². The first-order valence-electron chi connectivity index (χ1n) is 8.11. The van der Waals surface area contributed by atoms with Crippen molar-refractivity contribution >= 4 is 0 Å². The molecule has 0 radical (unpaired) electrons. The molecule has 1 saturated carbocycles. The lowest BCUT2D eigenvalue weighted by Crippen LogP contribution is -2.44. The highest BCUT2D eigenvalue weighted by atomic mass is 15.1. The molecule has 1 N–H and O–H groups in total. The van der Waals surface area contributed by atoms with E-state index in [9.17, 15) is 0 Å². The Balaban J connectivity index is 1.45. The van der Waals surface area contributed by atoms with Crippen LogP contribution in [-0.4, -0.2) is 37.1 Å². The van der Waals surface area contributed by atoms with Gasteiger partial charge in [0.2, 0.25) is 0 Å². The van der Waals surface area contributed by atoms with Crippen LogP contribution in [-0.2, 0) is 0 Å². The molecule has 0 amide bonds. The van der Waals surface area contributed by atoms with Crippen LogP contribution in [0.15, 0.2) is 0 Å². The zero-order chi connectivity index (χ0) is 13.0. The van der Waals surface area contributed by atoms with E-state index in [0.717, 1.165) is 23.8 Å². The molecule has 18 heavy (non-hydrogen) atoms. The second kappa shape index (κ2) is 6.91. The van der Waals surface area contributed by atoms with Gasteiger partial charge in [-0.1, -0.05) is 20.8 Å². The van der Waals surface area contributed by atoms with Crippen molar-refractivity contribution in [1.29, 1.82) is 0 Å². The Morgan fingerprint density at radius 3 is 2.44 bits per heavy atom. The van der Waals surface area contributed by atoms with E-state index in [1.807, 2.05) is 0 Å². The van der Waals surface area contributed by atoms with Gasteiger partial charge in [-0.15, -0.1) is 0 Å². The van der Waals surface area contributed by atoms with Gasteiger partial charge in [-0.2, -0.15) is 0 Å². The summed E-state index contributed by atoms with van der Waals surface area (Å²) < 4.78 is 0. The Kier molecular flexibility index (Phi) is 5.50. The molecular weight excluding hydrogens is 220 g/mol. The van der Waals surface area contributed by atoms with Gasteiger partial charge >= 0.3 is 0 Å². The van der Waals surface area contributed by atoms with Crippen molar-refractivity contribution in [3.05, 3.63) is 0 Å². The summed E-state index contributed by atoms with van der Waals surface area (Å²) in [5.74, 6) is 2.84. The van der Waals surface area contributed by atoms with Gasteiger partial charge in [0.05, 0.1) is 0 Å². The molecule has 106 valence electrons. The maximum absolute atomic E-state index is 3.73. The molecule has 0 bridgehead atoms. The molecule has 0 aromatic carbocycles. The lowest BCUT2D eigenvalue weighted by molar-refractivity contribution is 0.161. The molecule has 1 aliphatic heterocycles. The number of likely N-dealkylation sites (tertiary alicyclic amines) is 1. The Morgan fingerprint density at radius 2 is 1.83 bits per heavy atom. The molecule has 2 rings (SSSR count). The summed E-state index contributed by atoms with van der Waals surface area (Å²) in [5, 5.41) is 3.73. The fourth-order valence-corrected chi connectivity index (χ4v) is 3.27. The summed E-state index contributed by atoms with van der Waals surface area (Å²) in [6, 6.07) is 0.832. The fraction of sp³-hybridized carbons (Fsp3) is 1.00. The molecule has 2 aliphatic rings. The zero-order valence-corrected chi connectivity index (χ0v) is 12.6. The summed E-state index contributed by atoms with van der Waals surface area (Å²) in [5.41, 5.74) is 0. The number of hydrogen-bond acceptors (Lipinski definition) is 2. The Bertz CT molecular complexity index is 225. The Hall–Kier alpha value is -0.0800. The topological polar surface area (TPSA) is 15.3 Å². The summed E-state index contributed by atoms with van der Waals surface area (Å²) in [7, 11) is 0. The van der Waals surface area contributed by atoms with E-state index >= 15 is 0 Å². The van der Waals surface area contributed by atoms with E-state index in [4.69, 9.17) is 0 Å². The van der Waals surface area contributed by atoms with Gasteiger partial charge in [-0.05, 0) is 76.0 Å². The summed E-state index contributed by atoms with van der Waals surface area (Å²) in [6.07, 6.45) is 6.98. The van der Waals surface area contributed by atoms with E-state index < -0.39 is 0 Å². The van der Waals surface area contributed by atoms with Gasteiger partial charge in [0, 0.05) is 6.04 Å². The molecule has 0 spiro atoms. The fourth-order valence-electron chi connectivity index (χ4n) is 3.27. The quantitative estimate of drug-likeness (QED) is 0.731. The molecule has 2 heteroatoms. The highest BCUT2D eigenvalue weighted by molar-refractivity contribution is 4.86. The second-order valence-electron chi connectivity index (χ2n) is 7.00. The molecule has 0 aromatic heterocycles. The smallest absolute Gasteiger partial charge is 0.00725 e. The number of nitrogens with zero attached hydrogens (tertiary/aromatic N) is 1. The molecule has 2 nitrogen and oxygen atoms in total. The van der Waals surface area contributed by atoms with Crippen molar-refractivity contribution in [3.8, 4) is 0 Å². The maximum atomic E-state index is 3.73.